The lowest BCUT2D eigenvalue weighted by Crippen LogP contribution is -2.36. The predicted octanol–water partition coefficient (Wildman–Crippen LogP) is 3.42. The van der Waals surface area contributed by atoms with Gasteiger partial charge in [0, 0.05) is 18.8 Å². The second kappa shape index (κ2) is 8.52. The molecule has 28 heavy (non-hydrogen) atoms. The van der Waals surface area contributed by atoms with Crippen molar-refractivity contribution in [3.8, 4) is 5.75 Å². The highest BCUT2D eigenvalue weighted by Crippen LogP contribution is 2.27. The maximum absolute atomic E-state index is 12.2. The van der Waals surface area contributed by atoms with Crippen molar-refractivity contribution in [2.75, 3.05) is 48.9 Å². The van der Waals surface area contributed by atoms with Crippen molar-refractivity contribution in [3.63, 3.8) is 0 Å². The number of benzene rings is 2. The third kappa shape index (κ3) is 5.16. The minimum absolute atomic E-state index is 0.0556. The molecule has 0 radical (unpaired) electrons. The first kappa shape index (κ1) is 20.0. The van der Waals surface area contributed by atoms with E-state index >= 15 is 0 Å². The highest BCUT2D eigenvalue weighted by Gasteiger charge is 2.15. The van der Waals surface area contributed by atoms with Gasteiger partial charge in [0.2, 0.25) is 0 Å². The van der Waals surface area contributed by atoms with Crippen molar-refractivity contribution < 1.29 is 14.3 Å². The Morgan fingerprint density at radius 1 is 1.14 bits per heavy atom. The summed E-state index contributed by atoms with van der Waals surface area (Å²) < 4.78 is 11.0. The van der Waals surface area contributed by atoms with Crippen LogP contribution in [0.5, 0.6) is 5.75 Å². The average molecular weight is 383 g/mol. The summed E-state index contributed by atoms with van der Waals surface area (Å²) >= 11 is 0. The summed E-state index contributed by atoms with van der Waals surface area (Å²) in [6.07, 6.45) is 0. The second-order valence-electron chi connectivity index (χ2n) is 7.98. The summed E-state index contributed by atoms with van der Waals surface area (Å²) in [4.78, 5) is 14.4. The molecule has 2 aromatic carbocycles. The van der Waals surface area contributed by atoms with E-state index in [0.29, 0.717) is 30.3 Å². The van der Waals surface area contributed by atoms with Crippen LogP contribution in [0.25, 0.3) is 0 Å². The van der Waals surface area contributed by atoms with Crippen LogP contribution in [-0.2, 0) is 14.9 Å². The van der Waals surface area contributed by atoms with Crippen LogP contribution >= 0.6 is 0 Å². The molecule has 6 nitrogen and oxygen atoms in total. The van der Waals surface area contributed by atoms with Crippen molar-refractivity contribution in [3.05, 3.63) is 48.0 Å². The van der Waals surface area contributed by atoms with Gasteiger partial charge < -0.3 is 25.4 Å². The van der Waals surface area contributed by atoms with E-state index in [1.165, 1.54) is 5.56 Å². The summed E-state index contributed by atoms with van der Waals surface area (Å²) in [6, 6.07) is 13.4. The van der Waals surface area contributed by atoms with E-state index in [1.807, 2.05) is 36.4 Å². The Bertz CT molecular complexity index is 807. The minimum Gasteiger partial charge on any atom is -0.484 e. The molecular formula is C22H29N3O3. The summed E-state index contributed by atoms with van der Waals surface area (Å²) in [7, 11) is 0. The third-order valence-electron chi connectivity index (χ3n) is 4.75. The van der Waals surface area contributed by atoms with Gasteiger partial charge in [-0.3, -0.25) is 4.79 Å². The van der Waals surface area contributed by atoms with Crippen molar-refractivity contribution in [2.45, 2.75) is 26.2 Å². The number of nitrogens with zero attached hydrogens (tertiary/aromatic N) is 1. The zero-order valence-electron chi connectivity index (χ0n) is 16.8. The molecule has 0 spiro atoms. The number of hydrogen-bond acceptors (Lipinski definition) is 5. The topological polar surface area (TPSA) is 76.8 Å². The standard InChI is InChI=1S/C22H29N3O3/c1-22(2,3)16-4-7-18(8-5-16)28-15-21(26)24-17-6-9-20(19(23)14-17)25-10-12-27-13-11-25/h4-9,14H,10-13,15,23H2,1-3H3,(H,24,26). The van der Waals surface area contributed by atoms with Crippen LogP contribution in [0.1, 0.15) is 26.3 Å². The van der Waals surface area contributed by atoms with Crippen molar-refractivity contribution in [2.24, 2.45) is 0 Å². The van der Waals surface area contributed by atoms with Crippen LogP contribution in [0.2, 0.25) is 0 Å². The summed E-state index contributed by atoms with van der Waals surface area (Å²) in [5.74, 6) is 0.448. The molecule has 0 unspecified atom stereocenters. The summed E-state index contributed by atoms with van der Waals surface area (Å²) in [5.41, 5.74) is 9.75. The van der Waals surface area contributed by atoms with Gasteiger partial charge in [0.1, 0.15) is 5.75 Å². The summed E-state index contributed by atoms with van der Waals surface area (Å²) in [6.45, 7) is 9.46. The Kier molecular flexibility index (Phi) is 6.09. The Morgan fingerprint density at radius 2 is 1.82 bits per heavy atom. The monoisotopic (exact) mass is 383 g/mol. The third-order valence-corrected chi connectivity index (χ3v) is 4.75. The highest BCUT2D eigenvalue weighted by atomic mass is 16.5. The number of nitrogen functional groups attached to an aromatic ring is 1. The molecule has 1 aliphatic heterocycles. The number of ether oxygens (including phenoxy) is 2. The maximum Gasteiger partial charge on any atom is 0.262 e. The van der Waals surface area contributed by atoms with Crippen LogP contribution in [0.15, 0.2) is 42.5 Å². The number of morpholine rings is 1. The molecule has 0 saturated carbocycles. The fourth-order valence-corrected chi connectivity index (χ4v) is 3.12. The molecule has 1 aliphatic rings. The SMILES string of the molecule is CC(C)(C)c1ccc(OCC(=O)Nc2ccc(N3CCOCC3)c(N)c2)cc1. The first-order chi connectivity index (χ1) is 13.3. The van der Waals surface area contributed by atoms with E-state index in [0.717, 1.165) is 18.8 Å². The zero-order chi connectivity index (χ0) is 20.1. The first-order valence-corrected chi connectivity index (χ1v) is 9.58. The smallest absolute Gasteiger partial charge is 0.262 e. The van der Waals surface area contributed by atoms with Crippen LogP contribution < -0.4 is 20.7 Å². The first-order valence-electron chi connectivity index (χ1n) is 9.58. The lowest BCUT2D eigenvalue weighted by molar-refractivity contribution is -0.118. The fourth-order valence-electron chi connectivity index (χ4n) is 3.12. The van der Waals surface area contributed by atoms with Crippen LogP contribution in [0.4, 0.5) is 17.1 Å². The molecule has 150 valence electrons. The van der Waals surface area contributed by atoms with Gasteiger partial charge in [-0.2, -0.15) is 0 Å². The van der Waals surface area contributed by atoms with Gasteiger partial charge in [0.25, 0.3) is 5.91 Å². The molecule has 3 rings (SSSR count). The van der Waals surface area contributed by atoms with E-state index in [2.05, 4.69) is 31.0 Å². The Morgan fingerprint density at radius 3 is 2.43 bits per heavy atom. The maximum atomic E-state index is 12.2. The van der Waals surface area contributed by atoms with E-state index in [9.17, 15) is 4.79 Å². The van der Waals surface area contributed by atoms with Gasteiger partial charge in [-0.05, 0) is 41.3 Å². The molecule has 0 aliphatic carbocycles. The largest absolute Gasteiger partial charge is 0.484 e. The normalized spacial score (nSPS) is 14.6. The fraction of sp³-hybridized carbons (Fsp3) is 0.409. The van der Waals surface area contributed by atoms with Crippen molar-refractivity contribution in [1.29, 1.82) is 0 Å². The van der Waals surface area contributed by atoms with Gasteiger partial charge in [-0.15, -0.1) is 0 Å². The molecule has 0 bridgehead atoms. The highest BCUT2D eigenvalue weighted by molar-refractivity contribution is 5.93. The Balaban J connectivity index is 1.54. The molecule has 1 heterocycles. The van der Waals surface area contributed by atoms with Crippen molar-refractivity contribution >= 4 is 23.0 Å². The van der Waals surface area contributed by atoms with Gasteiger partial charge in [0.05, 0.1) is 24.6 Å². The lowest BCUT2D eigenvalue weighted by Gasteiger charge is -2.30. The number of amides is 1. The predicted molar refractivity (Wildman–Crippen MR) is 113 cm³/mol. The number of nitrogens with two attached hydrogens (primary N) is 1. The van der Waals surface area contributed by atoms with E-state index in [-0.39, 0.29) is 17.9 Å². The van der Waals surface area contributed by atoms with Gasteiger partial charge in [-0.1, -0.05) is 32.9 Å². The Hall–Kier alpha value is -2.73. The molecule has 6 heteroatoms. The number of anilines is 3. The molecule has 2 aromatic rings. The molecule has 1 saturated heterocycles. The average Bonchev–Trinajstić information content (AvgIpc) is 2.67. The van der Waals surface area contributed by atoms with E-state index in [4.69, 9.17) is 15.2 Å². The van der Waals surface area contributed by atoms with Gasteiger partial charge in [0.15, 0.2) is 6.61 Å². The number of carbonyl (C=O) groups is 1. The molecule has 3 N–H and O–H groups in total. The molecule has 0 atom stereocenters. The number of nitrogens with one attached hydrogen (secondary N) is 1. The second-order valence-corrected chi connectivity index (χ2v) is 7.98. The van der Waals surface area contributed by atoms with E-state index in [1.54, 1.807) is 6.07 Å². The molecule has 0 aromatic heterocycles. The van der Waals surface area contributed by atoms with Crippen LogP contribution in [-0.4, -0.2) is 38.8 Å². The molecule has 1 fully saturated rings. The quantitative estimate of drug-likeness (QED) is 0.774. The zero-order valence-corrected chi connectivity index (χ0v) is 16.8. The number of rotatable bonds is 5. The van der Waals surface area contributed by atoms with Gasteiger partial charge in [-0.25, -0.2) is 0 Å². The van der Waals surface area contributed by atoms with Crippen LogP contribution in [0.3, 0.4) is 0 Å². The molecular weight excluding hydrogens is 354 g/mol. The van der Waals surface area contributed by atoms with Gasteiger partial charge >= 0.3 is 0 Å². The Labute approximate surface area is 166 Å². The number of carbonyl (C=O) groups excluding carboxylic acids is 1. The molecule has 1 amide bonds. The van der Waals surface area contributed by atoms with Crippen molar-refractivity contribution in [1.82, 2.24) is 0 Å². The lowest BCUT2D eigenvalue weighted by atomic mass is 9.87. The summed E-state index contributed by atoms with van der Waals surface area (Å²) in [5, 5.41) is 2.83. The minimum atomic E-state index is -0.224. The number of hydrogen-bond donors (Lipinski definition) is 2. The van der Waals surface area contributed by atoms with E-state index < -0.39 is 0 Å². The van der Waals surface area contributed by atoms with Crippen LogP contribution in [0, 0.1) is 0 Å².